The fourth-order valence-corrected chi connectivity index (χ4v) is 2.07. The first kappa shape index (κ1) is 23.1. The number of halogens is 3. The van der Waals surface area contributed by atoms with Crippen molar-refractivity contribution in [2.45, 2.75) is 26.7 Å². The average Bonchev–Trinajstić information content (AvgIpc) is 2.63. The first-order valence-electron chi connectivity index (χ1n) is 5.03. The second-order valence-corrected chi connectivity index (χ2v) is 3.44. The van der Waals surface area contributed by atoms with Gasteiger partial charge in [0.1, 0.15) is 0 Å². The zero-order chi connectivity index (χ0) is 9.26. The van der Waals surface area contributed by atoms with Crippen LogP contribution in [0.25, 0.3) is 10.8 Å². The molecule has 96 valence electrons. The minimum absolute atomic E-state index is 0. The van der Waals surface area contributed by atoms with E-state index in [0.717, 1.165) is 12.8 Å². The summed E-state index contributed by atoms with van der Waals surface area (Å²) in [7, 11) is 0. The molecule has 0 atom stereocenters. The summed E-state index contributed by atoms with van der Waals surface area (Å²) in [6.45, 7) is 4.46. The second-order valence-electron chi connectivity index (χ2n) is 3.44. The second kappa shape index (κ2) is 10.9. The van der Waals surface area contributed by atoms with E-state index >= 15 is 0 Å². The van der Waals surface area contributed by atoms with Crippen molar-refractivity contribution in [3.63, 3.8) is 0 Å². The van der Waals surface area contributed by atoms with Gasteiger partial charge in [0, 0.05) is 21.7 Å². The van der Waals surface area contributed by atoms with Gasteiger partial charge in [0.2, 0.25) is 0 Å². The largest absolute Gasteiger partial charge is 0.168 e. The molecule has 2 rings (SSSR count). The van der Waals surface area contributed by atoms with Gasteiger partial charge >= 0.3 is 0 Å². The molecule has 2 aromatic carbocycles. The monoisotopic (exact) mass is 459 g/mol. The Morgan fingerprint density at radius 3 is 2.12 bits per heavy atom. The summed E-state index contributed by atoms with van der Waals surface area (Å²) in [5, 5.41) is 2.83. The van der Waals surface area contributed by atoms with Crippen LogP contribution in [0.1, 0.15) is 25.0 Å². The van der Waals surface area contributed by atoms with Gasteiger partial charge in [-0.3, -0.25) is 0 Å². The molecule has 0 bridgehead atoms. The van der Waals surface area contributed by atoms with Gasteiger partial charge in [0.25, 0.3) is 0 Å². The van der Waals surface area contributed by atoms with Crippen molar-refractivity contribution in [2.24, 2.45) is 0 Å². The number of benzene rings is 1. The summed E-state index contributed by atoms with van der Waals surface area (Å²) in [4.78, 5) is 0. The zero-order valence-electron chi connectivity index (χ0n) is 10.0. The van der Waals surface area contributed by atoms with Gasteiger partial charge in [0.05, 0.1) is 0 Å². The van der Waals surface area contributed by atoms with Crippen LogP contribution in [0.5, 0.6) is 0 Å². The number of fused-ring (bicyclic) bond motifs is 1. The van der Waals surface area contributed by atoms with Crippen LogP contribution in [0.4, 0.5) is 0 Å². The quantitative estimate of drug-likeness (QED) is 0.414. The number of hydrogen-bond donors (Lipinski definition) is 0. The van der Waals surface area contributed by atoms with Gasteiger partial charge in [-0.2, -0.15) is 12.1 Å². The summed E-state index contributed by atoms with van der Waals surface area (Å²) in [6.07, 6.45) is 2.29. The Balaban J connectivity index is -0.000000490. The van der Waals surface area contributed by atoms with Gasteiger partial charge in [-0.1, -0.05) is 25.0 Å². The summed E-state index contributed by atoms with van der Waals surface area (Å²) in [6, 6.07) is 11.1. The third-order valence-electron chi connectivity index (χ3n) is 2.76. The van der Waals surface area contributed by atoms with Crippen molar-refractivity contribution >= 4 is 61.7 Å². The van der Waals surface area contributed by atoms with Crippen molar-refractivity contribution in [3.05, 3.63) is 41.5 Å². The zero-order valence-corrected chi connectivity index (χ0v) is 16.7. The van der Waals surface area contributed by atoms with Crippen LogP contribution < -0.4 is 0 Å². The van der Waals surface area contributed by atoms with Crippen LogP contribution in [-0.4, -0.2) is 0 Å². The fraction of sp³-hybridized carbons (Fsp3) is 0.308. The van der Waals surface area contributed by atoms with E-state index in [9.17, 15) is 0 Å². The van der Waals surface area contributed by atoms with Crippen molar-refractivity contribution in [1.29, 1.82) is 0 Å². The van der Waals surface area contributed by atoms with Crippen molar-refractivity contribution in [3.8, 4) is 0 Å². The molecule has 0 aromatic heterocycles. The maximum atomic E-state index is 2.27. The molecule has 0 aliphatic carbocycles. The molecule has 17 heavy (non-hydrogen) atoms. The van der Waals surface area contributed by atoms with Gasteiger partial charge in [-0.25, -0.2) is 0 Å². The number of hydrogen-bond acceptors (Lipinski definition) is 0. The number of rotatable bonds is 2. The Bertz CT molecular complexity index is 424. The molecule has 0 aliphatic heterocycles. The Hall–Kier alpha value is 0.984. The molecule has 0 radical (unpaired) electrons. The summed E-state index contributed by atoms with van der Waals surface area (Å²) in [5.41, 5.74) is 3.03. The van der Waals surface area contributed by atoms with Crippen molar-refractivity contribution in [2.75, 3.05) is 0 Å². The molecule has 0 heterocycles. The van der Waals surface area contributed by atoms with E-state index in [4.69, 9.17) is 0 Å². The molecular formula is C13H18Br3Ti-. The molecular weight excluding hydrogens is 444 g/mol. The van der Waals surface area contributed by atoms with E-state index in [0.29, 0.717) is 0 Å². The summed E-state index contributed by atoms with van der Waals surface area (Å²) >= 11 is 0. The van der Waals surface area contributed by atoms with Crippen LogP contribution in [0.15, 0.2) is 30.3 Å². The van der Waals surface area contributed by atoms with Crippen LogP contribution in [0.3, 0.4) is 0 Å². The van der Waals surface area contributed by atoms with Gasteiger partial charge in [-0.15, -0.1) is 79.9 Å². The van der Waals surface area contributed by atoms with Crippen molar-refractivity contribution in [1.82, 2.24) is 0 Å². The SMILES string of the molecule is Br.Br.Br.CCc1ccc2[cH-]ccc2c1CC.[Ti]. The Morgan fingerprint density at radius 1 is 0.941 bits per heavy atom. The summed E-state index contributed by atoms with van der Waals surface area (Å²) in [5.74, 6) is 0. The first-order chi connectivity index (χ1) is 6.36. The predicted molar refractivity (Wildman–Crippen MR) is 89.3 cm³/mol. The van der Waals surface area contributed by atoms with Crippen molar-refractivity contribution < 1.29 is 21.7 Å². The molecule has 4 heteroatoms. The molecule has 0 saturated heterocycles. The Kier molecular flexibility index (Phi) is 14.8. The Labute approximate surface area is 150 Å². The standard InChI is InChI=1S/C13H15.3BrH.Ti/c1-3-10-8-9-11-6-5-7-13(11)12(10)4-2;;;;/h5-9H,3-4H2,1-2H3;3*1H;/q-1;;;;. The molecule has 0 unspecified atom stereocenters. The first-order valence-corrected chi connectivity index (χ1v) is 5.03. The third-order valence-corrected chi connectivity index (χ3v) is 2.76. The Morgan fingerprint density at radius 2 is 1.59 bits per heavy atom. The minimum atomic E-state index is 0. The van der Waals surface area contributed by atoms with Crippen LogP contribution in [-0.2, 0) is 34.6 Å². The topological polar surface area (TPSA) is 0 Å². The van der Waals surface area contributed by atoms with Gasteiger partial charge in [-0.05, 0) is 12.8 Å². The summed E-state index contributed by atoms with van der Waals surface area (Å²) < 4.78 is 0. The van der Waals surface area contributed by atoms with E-state index in [2.05, 4.69) is 44.2 Å². The van der Waals surface area contributed by atoms with Gasteiger partial charge < -0.3 is 0 Å². The van der Waals surface area contributed by atoms with E-state index in [1.165, 1.54) is 21.9 Å². The molecule has 0 saturated carbocycles. The molecule has 0 spiro atoms. The van der Waals surface area contributed by atoms with E-state index < -0.39 is 0 Å². The molecule has 0 fully saturated rings. The molecule has 0 nitrogen and oxygen atoms in total. The van der Waals surface area contributed by atoms with E-state index in [-0.39, 0.29) is 72.7 Å². The molecule has 2 aromatic rings. The smallest absolute Gasteiger partial charge is 0 e. The average molecular weight is 462 g/mol. The third kappa shape index (κ3) is 4.87. The van der Waals surface area contributed by atoms with Crippen LogP contribution in [0, 0.1) is 0 Å². The minimum Gasteiger partial charge on any atom is -0.168 e. The molecule has 0 aliphatic rings. The predicted octanol–water partition coefficient (Wildman–Crippen LogP) is 5.41. The van der Waals surface area contributed by atoms with Gasteiger partial charge in [0.15, 0.2) is 0 Å². The van der Waals surface area contributed by atoms with E-state index in [1.54, 1.807) is 0 Å². The maximum Gasteiger partial charge on any atom is 0 e. The fourth-order valence-electron chi connectivity index (χ4n) is 2.07. The molecule has 0 N–H and O–H groups in total. The number of aryl methyl sites for hydroxylation is 2. The van der Waals surface area contributed by atoms with Crippen LogP contribution >= 0.6 is 50.9 Å². The normalized spacial score (nSPS) is 8.35. The maximum absolute atomic E-state index is 2.27. The van der Waals surface area contributed by atoms with E-state index in [1.807, 2.05) is 0 Å². The molecule has 0 amide bonds. The van der Waals surface area contributed by atoms with Crippen LogP contribution in [0.2, 0.25) is 0 Å².